The largest absolute Gasteiger partial charge is 0.454 e. The van der Waals surface area contributed by atoms with Crippen molar-refractivity contribution in [3.63, 3.8) is 0 Å². The monoisotopic (exact) mass is 396 g/mol. The van der Waals surface area contributed by atoms with E-state index in [2.05, 4.69) is 30.6 Å². The second-order valence-electron chi connectivity index (χ2n) is 5.84. The molecule has 1 aliphatic rings. The van der Waals surface area contributed by atoms with Crippen molar-refractivity contribution in [2.45, 2.75) is 33.0 Å². The summed E-state index contributed by atoms with van der Waals surface area (Å²) >= 11 is 0. The van der Waals surface area contributed by atoms with Gasteiger partial charge in [-0.1, -0.05) is 6.92 Å². The van der Waals surface area contributed by atoms with Gasteiger partial charge in [-0.3, -0.25) is 4.99 Å². The lowest BCUT2D eigenvalue weighted by Crippen LogP contribution is -2.38. The molecule has 2 aromatic rings. The molecule has 0 aliphatic carbocycles. The standard InChI is InChI=1S/C17H22F2N6O3/c1-3-15-24-23-9-25(15)5-4-21-17(20-2)22-8-11-6-13-14(27-10-26-13)7-12(11)28-16(18)19/h6-7,9,16H,3-5,8,10H2,1-2H3,(H2,20,21,22). The Kier molecular flexibility index (Phi) is 6.45. The lowest BCUT2D eigenvalue weighted by molar-refractivity contribution is -0.0505. The van der Waals surface area contributed by atoms with Crippen molar-refractivity contribution >= 4 is 5.96 Å². The fraction of sp³-hybridized carbons (Fsp3) is 0.471. The van der Waals surface area contributed by atoms with Gasteiger partial charge in [0.2, 0.25) is 6.79 Å². The summed E-state index contributed by atoms with van der Waals surface area (Å²) < 4.78 is 42.5. The summed E-state index contributed by atoms with van der Waals surface area (Å²) in [5.74, 6) is 2.31. The van der Waals surface area contributed by atoms with E-state index in [0.29, 0.717) is 36.1 Å². The van der Waals surface area contributed by atoms with Gasteiger partial charge in [-0.05, 0) is 6.07 Å². The summed E-state index contributed by atoms with van der Waals surface area (Å²) in [4.78, 5) is 4.14. The van der Waals surface area contributed by atoms with Crippen LogP contribution in [0.5, 0.6) is 17.2 Å². The fourth-order valence-corrected chi connectivity index (χ4v) is 2.74. The highest BCUT2D eigenvalue weighted by molar-refractivity contribution is 5.79. The average Bonchev–Trinajstić information content (AvgIpc) is 3.32. The first-order valence-corrected chi connectivity index (χ1v) is 8.79. The average molecular weight is 396 g/mol. The Balaban J connectivity index is 1.58. The summed E-state index contributed by atoms with van der Waals surface area (Å²) in [5.41, 5.74) is 0.500. The van der Waals surface area contributed by atoms with Gasteiger partial charge < -0.3 is 29.4 Å². The number of ether oxygens (including phenoxy) is 3. The zero-order chi connectivity index (χ0) is 19.9. The van der Waals surface area contributed by atoms with Gasteiger partial charge in [-0.15, -0.1) is 10.2 Å². The second kappa shape index (κ2) is 9.20. The quantitative estimate of drug-likeness (QED) is 0.516. The number of hydrogen-bond acceptors (Lipinski definition) is 6. The number of nitrogens with zero attached hydrogens (tertiary/aromatic N) is 4. The summed E-state index contributed by atoms with van der Waals surface area (Å²) in [6.07, 6.45) is 2.47. The van der Waals surface area contributed by atoms with E-state index in [1.54, 1.807) is 19.4 Å². The zero-order valence-electron chi connectivity index (χ0n) is 15.6. The molecule has 2 heterocycles. The van der Waals surface area contributed by atoms with Crippen molar-refractivity contribution in [2.75, 3.05) is 20.4 Å². The first kappa shape index (κ1) is 19.6. The molecule has 1 aliphatic heterocycles. The molecule has 9 nitrogen and oxygen atoms in total. The van der Waals surface area contributed by atoms with Crippen LogP contribution in [0, 0.1) is 0 Å². The maximum absolute atomic E-state index is 12.7. The molecule has 152 valence electrons. The molecule has 0 fully saturated rings. The third-order valence-electron chi connectivity index (χ3n) is 4.10. The molecule has 1 aromatic carbocycles. The van der Waals surface area contributed by atoms with Gasteiger partial charge in [0, 0.05) is 44.7 Å². The number of nitrogens with one attached hydrogen (secondary N) is 2. The van der Waals surface area contributed by atoms with E-state index in [1.165, 1.54) is 6.07 Å². The van der Waals surface area contributed by atoms with Crippen LogP contribution >= 0.6 is 0 Å². The third kappa shape index (κ3) is 4.78. The van der Waals surface area contributed by atoms with Crippen molar-refractivity contribution in [1.29, 1.82) is 0 Å². The van der Waals surface area contributed by atoms with Crippen molar-refractivity contribution in [3.05, 3.63) is 29.8 Å². The van der Waals surface area contributed by atoms with Crippen LogP contribution < -0.4 is 24.8 Å². The number of aryl methyl sites for hydroxylation is 1. The van der Waals surface area contributed by atoms with Crippen LogP contribution in [-0.4, -0.2) is 47.7 Å². The smallest absolute Gasteiger partial charge is 0.387 e. The predicted molar refractivity (Wildman–Crippen MR) is 96.8 cm³/mol. The molecular weight excluding hydrogens is 374 g/mol. The van der Waals surface area contributed by atoms with Gasteiger partial charge in [-0.25, -0.2) is 0 Å². The van der Waals surface area contributed by atoms with E-state index < -0.39 is 6.61 Å². The number of rotatable bonds is 8. The van der Waals surface area contributed by atoms with E-state index >= 15 is 0 Å². The van der Waals surface area contributed by atoms with Gasteiger partial charge in [0.15, 0.2) is 17.5 Å². The van der Waals surface area contributed by atoms with Crippen LogP contribution in [0.3, 0.4) is 0 Å². The minimum Gasteiger partial charge on any atom is -0.454 e. The van der Waals surface area contributed by atoms with Crippen LogP contribution in [0.1, 0.15) is 18.3 Å². The van der Waals surface area contributed by atoms with Crippen molar-refractivity contribution in [3.8, 4) is 17.2 Å². The first-order chi connectivity index (χ1) is 13.6. The molecule has 2 N–H and O–H groups in total. The van der Waals surface area contributed by atoms with Gasteiger partial charge in [0.25, 0.3) is 0 Å². The lowest BCUT2D eigenvalue weighted by atomic mass is 10.1. The van der Waals surface area contributed by atoms with Crippen molar-refractivity contribution in [2.24, 2.45) is 4.99 Å². The maximum Gasteiger partial charge on any atom is 0.387 e. The van der Waals surface area contributed by atoms with Crippen LogP contribution in [0.25, 0.3) is 0 Å². The number of hydrogen-bond donors (Lipinski definition) is 2. The van der Waals surface area contributed by atoms with Gasteiger partial charge in [-0.2, -0.15) is 8.78 Å². The van der Waals surface area contributed by atoms with E-state index in [0.717, 1.165) is 12.2 Å². The Labute approximate surface area is 160 Å². The molecule has 0 saturated carbocycles. The summed E-state index contributed by atoms with van der Waals surface area (Å²) in [6.45, 7) is 0.594. The third-order valence-corrected chi connectivity index (χ3v) is 4.10. The van der Waals surface area contributed by atoms with Gasteiger partial charge in [0.1, 0.15) is 17.9 Å². The molecule has 0 amide bonds. The molecule has 0 spiro atoms. The van der Waals surface area contributed by atoms with Crippen LogP contribution in [0.2, 0.25) is 0 Å². The number of aromatic nitrogens is 3. The number of guanidine groups is 1. The number of benzene rings is 1. The van der Waals surface area contributed by atoms with E-state index in [-0.39, 0.29) is 19.1 Å². The lowest BCUT2D eigenvalue weighted by Gasteiger charge is -2.15. The van der Waals surface area contributed by atoms with Crippen molar-refractivity contribution < 1.29 is 23.0 Å². The topological polar surface area (TPSA) is 94.8 Å². The predicted octanol–water partition coefficient (Wildman–Crippen LogP) is 1.54. The molecular formula is C17H22F2N6O3. The van der Waals surface area contributed by atoms with E-state index in [1.807, 2.05) is 11.5 Å². The van der Waals surface area contributed by atoms with Gasteiger partial charge in [0.05, 0.1) is 0 Å². The molecule has 0 atom stereocenters. The summed E-state index contributed by atoms with van der Waals surface area (Å²) in [5, 5.41) is 14.2. The number of aliphatic imine (C=N–C) groups is 1. The molecule has 0 unspecified atom stereocenters. The molecule has 0 bridgehead atoms. The second-order valence-corrected chi connectivity index (χ2v) is 5.84. The number of halogens is 2. The summed E-state index contributed by atoms with van der Waals surface area (Å²) in [7, 11) is 1.63. The molecule has 3 rings (SSSR count). The Bertz CT molecular complexity index is 827. The van der Waals surface area contributed by atoms with Crippen molar-refractivity contribution in [1.82, 2.24) is 25.4 Å². The Hall–Kier alpha value is -3.11. The van der Waals surface area contributed by atoms with Crippen LogP contribution in [-0.2, 0) is 19.5 Å². The molecule has 0 radical (unpaired) electrons. The molecule has 1 aromatic heterocycles. The highest BCUT2D eigenvalue weighted by Gasteiger charge is 2.20. The highest BCUT2D eigenvalue weighted by atomic mass is 19.3. The normalized spacial score (nSPS) is 13.1. The Morgan fingerprint density at radius 2 is 2.11 bits per heavy atom. The minimum atomic E-state index is -2.94. The van der Waals surface area contributed by atoms with Gasteiger partial charge >= 0.3 is 6.61 Å². The Morgan fingerprint density at radius 1 is 1.32 bits per heavy atom. The molecule has 11 heteroatoms. The van der Waals surface area contributed by atoms with Crippen LogP contribution in [0.15, 0.2) is 23.5 Å². The molecule has 28 heavy (non-hydrogen) atoms. The fourth-order valence-electron chi connectivity index (χ4n) is 2.74. The molecule has 0 saturated heterocycles. The Morgan fingerprint density at radius 3 is 2.82 bits per heavy atom. The number of fused-ring (bicyclic) bond motifs is 1. The number of alkyl halides is 2. The van der Waals surface area contributed by atoms with Crippen LogP contribution in [0.4, 0.5) is 8.78 Å². The van der Waals surface area contributed by atoms with E-state index in [4.69, 9.17) is 9.47 Å². The highest BCUT2D eigenvalue weighted by Crippen LogP contribution is 2.38. The first-order valence-electron chi connectivity index (χ1n) is 8.79. The van der Waals surface area contributed by atoms with E-state index in [9.17, 15) is 8.78 Å². The summed E-state index contributed by atoms with van der Waals surface area (Å²) in [6, 6.07) is 3.02. The minimum absolute atomic E-state index is 0.0271. The SMILES string of the molecule is CCc1nncn1CCNC(=NC)NCc1cc2c(cc1OC(F)F)OCO2. The maximum atomic E-state index is 12.7. The zero-order valence-corrected chi connectivity index (χ0v) is 15.6.